The third-order valence-electron chi connectivity index (χ3n) is 2.35. The minimum atomic E-state index is 1.15. The highest BCUT2D eigenvalue weighted by atomic mass is 14.6. The van der Waals surface area contributed by atoms with Gasteiger partial charge in [0.2, 0.25) is 0 Å². The van der Waals surface area contributed by atoms with E-state index in [1.54, 1.807) is 0 Å². The van der Waals surface area contributed by atoms with Gasteiger partial charge in [-0.2, -0.15) is 0 Å². The van der Waals surface area contributed by atoms with E-state index >= 15 is 0 Å². The second-order valence-electron chi connectivity index (χ2n) is 2.67. The molecule has 3 aliphatic rings. The molecule has 0 bridgehead atoms. The molecule has 0 nitrogen and oxygen atoms in total. The second kappa shape index (κ2) is 0.351. The SMILES string of the molecule is C1C2=C3C[C@@H]3[C@H]12. The molecule has 0 aromatic heterocycles. The van der Waals surface area contributed by atoms with Crippen molar-refractivity contribution >= 4 is 0 Å². The van der Waals surface area contributed by atoms with Crippen molar-refractivity contribution in [1.82, 2.24) is 0 Å². The molecule has 0 aromatic rings. The molecule has 2 atom stereocenters. The summed E-state index contributed by atoms with van der Waals surface area (Å²) in [7, 11) is 0. The van der Waals surface area contributed by atoms with Crippen molar-refractivity contribution in [1.29, 1.82) is 0 Å². The lowest BCUT2D eigenvalue weighted by molar-refractivity contribution is 0.741. The molecule has 0 heterocycles. The van der Waals surface area contributed by atoms with Crippen molar-refractivity contribution in [2.75, 3.05) is 0 Å². The van der Waals surface area contributed by atoms with Gasteiger partial charge in [-0.1, -0.05) is 11.1 Å². The minimum absolute atomic E-state index is 1.15. The van der Waals surface area contributed by atoms with Crippen LogP contribution < -0.4 is 0 Å². The fraction of sp³-hybridized carbons (Fsp3) is 0.667. The predicted molar refractivity (Wildman–Crippen MR) is 23.2 cm³/mol. The van der Waals surface area contributed by atoms with Crippen LogP contribution in [0.3, 0.4) is 0 Å². The van der Waals surface area contributed by atoms with Gasteiger partial charge in [0.15, 0.2) is 0 Å². The third kappa shape index (κ3) is 0.0721. The van der Waals surface area contributed by atoms with Crippen LogP contribution in [0.15, 0.2) is 11.1 Å². The van der Waals surface area contributed by atoms with Gasteiger partial charge in [0.1, 0.15) is 0 Å². The molecule has 3 rings (SSSR count). The molecule has 0 radical (unpaired) electrons. The Bertz CT molecular complexity index is 135. The van der Waals surface area contributed by atoms with Crippen molar-refractivity contribution in [2.45, 2.75) is 12.8 Å². The first kappa shape index (κ1) is 2.15. The van der Waals surface area contributed by atoms with Crippen molar-refractivity contribution in [3.05, 3.63) is 11.1 Å². The van der Waals surface area contributed by atoms with Crippen LogP contribution >= 0.6 is 0 Å². The lowest BCUT2D eigenvalue weighted by Crippen LogP contribution is -1.82. The van der Waals surface area contributed by atoms with Crippen molar-refractivity contribution in [3.8, 4) is 0 Å². The van der Waals surface area contributed by atoms with Gasteiger partial charge in [-0.3, -0.25) is 0 Å². The maximum Gasteiger partial charge on any atom is -0.00939 e. The molecule has 0 saturated heterocycles. The molecule has 0 unspecified atom stereocenters. The molecule has 6 heavy (non-hydrogen) atoms. The first-order valence-corrected chi connectivity index (χ1v) is 2.68. The second-order valence-corrected chi connectivity index (χ2v) is 2.67. The quantitative estimate of drug-likeness (QED) is 0.383. The molecular weight excluding hydrogens is 72.1 g/mol. The molecule has 3 aliphatic carbocycles. The summed E-state index contributed by atoms with van der Waals surface area (Å²) in [5, 5.41) is 0. The Kier molecular flexibility index (Phi) is 0.126. The highest BCUT2D eigenvalue weighted by Gasteiger charge is 2.59. The fourth-order valence-corrected chi connectivity index (χ4v) is 1.77. The van der Waals surface area contributed by atoms with Crippen molar-refractivity contribution < 1.29 is 0 Å². The van der Waals surface area contributed by atoms with Gasteiger partial charge in [-0.05, 0) is 24.7 Å². The van der Waals surface area contributed by atoms with E-state index in [2.05, 4.69) is 0 Å². The number of fused-ring (bicyclic) bond motifs is 3. The largest absolute Gasteiger partial charge is 0.0660 e. The van der Waals surface area contributed by atoms with E-state index in [1.165, 1.54) is 12.8 Å². The fourth-order valence-electron chi connectivity index (χ4n) is 1.77. The summed E-state index contributed by atoms with van der Waals surface area (Å²) in [4.78, 5) is 0. The van der Waals surface area contributed by atoms with Crippen molar-refractivity contribution in [2.24, 2.45) is 11.8 Å². The van der Waals surface area contributed by atoms with Gasteiger partial charge >= 0.3 is 0 Å². The highest BCUT2D eigenvalue weighted by Crippen LogP contribution is 2.71. The Morgan fingerprint density at radius 3 is 1.67 bits per heavy atom. The average molecular weight is 78.1 g/mol. The standard InChI is InChI=1S/C6H6/c1-3-4(1)6-2-5(3)6/h3,5H,1-2H2/t3-,5-. The molecule has 2 fully saturated rings. The maximum absolute atomic E-state index is 1.85. The van der Waals surface area contributed by atoms with Crippen LogP contribution in [0.1, 0.15) is 12.8 Å². The maximum atomic E-state index is 1.85. The van der Waals surface area contributed by atoms with E-state index in [0.717, 1.165) is 11.8 Å². The normalized spacial score (nSPS) is 56.0. The molecule has 0 heteroatoms. The van der Waals surface area contributed by atoms with Gasteiger partial charge in [0.25, 0.3) is 0 Å². The summed E-state index contributed by atoms with van der Waals surface area (Å²) >= 11 is 0. The molecule has 0 spiro atoms. The average Bonchev–Trinajstić information content (AvgIpc) is 2.04. The number of hydrogen-bond acceptors (Lipinski definition) is 0. The zero-order chi connectivity index (χ0) is 3.72. The van der Waals surface area contributed by atoms with Gasteiger partial charge in [-0.25, -0.2) is 0 Å². The molecule has 0 amide bonds. The summed E-state index contributed by atoms with van der Waals surface area (Å²) in [5.74, 6) is 2.31. The van der Waals surface area contributed by atoms with E-state index in [4.69, 9.17) is 0 Å². The number of rotatable bonds is 0. The predicted octanol–water partition coefficient (Wildman–Crippen LogP) is 1.34. The first-order chi connectivity index (χ1) is 2.97. The summed E-state index contributed by atoms with van der Waals surface area (Å²) in [5.41, 5.74) is 3.69. The monoisotopic (exact) mass is 78.0 g/mol. The van der Waals surface area contributed by atoms with Crippen LogP contribution in [0, 0.1) is 11.8 Å². The van der Waals surface area contributed by atoms with Gasteiger partial charge in [0, 0.05) is 0 Å². The summed E-state index contributed by atoms with van der Waals surface area (Å²) in [6, 6.07) is 0. The zero-order valence-electron chi connectivity index (χ0n) is 3.57. The Labute approximate surface area is 36.9 Å². The molecule has 30 valence electrons. The molecule has 0 aliphatic heterocycles. The van der Waals surface area contributed by atoms with Crippen LogP contribution in [0.2, 0.25) is 0 Å². The van der Waals surface area contributed by atoms with Gasteiger partial charge in [-0.15, -0.1) is 0 Å². The summed E-state index contributed by atoms with van der Waals surface area (Å²) < 4.78 is 0. The van der Waals surface area contributed by atoms with Crippen LogP contribution in [0.5, 0.6) is 0 Å². The first-order valence-electron chi connectivity index (χ1n) is 2.68. The number of hydrogen-bond donors (Lipinski definition) is 0. The highest BCUT2D eigenvalue weighted by molar-refractivity contribution is 5.54. The lowest BCUT2D eigenvalue weighted by Gasteiger charge is -1.90. The van der Waals surface area contributed by atoms with E-state index < -0.39 is 0 Å². The van der Waals surface area contributed by atoms with Crippen LogP contribution in [-0.2, 0) is 0 Å². The van der Waals surface area contributed by atoms with Crippen molar-refractivity contribution in [3.63, 3.8) is 0 Å². The van der Waals surface area contributed by atoms with Crippen LogP contribution in [0.25, 0.3) is 0 Å². The molecular formula is C6H6. The van der Waals surface area contributed by atoms with Gasteiger partial charge in [0.05, 0.1) is 0 Å². The zero-order valence-corrected chi connectivity index (χ0v) is 3.57. The number of allylic oxidation sites excluding steroid dienone is 2. The molecule has 0 N–H and O–H groups in total. The molecule has 0 aromatic carbocycles. The van der Waals surface area contributed by atoms with Crippen LogP contribution in [0.4, 0.5) is 0 Å². The minimum Gasteiger partial charge on any atom is -0.0660 e. The Balaban J connectivity index is 2.50. The van der Waals surface area contributed by atoms with E-state index in [9.17, 15) is 0 Å². The van der Waals surface area contributed by atoms with E-state index in [0.29, 0.717) is 0 Å². The molecule has 2 saturated carbocycles. The van der Waals surface area contributed by atoms with E-state index in [1.807, 2.05) is 11.1 Å². The lowest BCUT2D eigenvalue weighted by atomic mass is 10.1. The summed E-state index contributed by atoms with van der Waals surface area (Å²) in [6.45, 7) is 0. The Hall–Kier alpha value is -0.260. The van der Waals surface area contributed by atoms with Gasteiger partial charge < -0.3 is 0 Å². The topological polar surface area (TPSA) is 0 Å². The Morgan fingerprint density at radius 2 is 1.50 bits per heavy atom. The van der Waals surface area contributed by atoms with Crippen LogP contribution in [-0.4, -0.2) is 0 Å². The third-order valence-corrected chi connectivity index (χ3v) is 2.35. The smallest absolute Gasteiger partial charge is 0.00939 e. The van der Waals surface area contributed by atoms with E-state index in [-0.39, 0.29) is 0 Å². The summed E-state index contributed by atoms with van der Waals surface area (Å²) in [6.07, 6.45) is 3.00. The Morgan fingerprint density at radius 1 is 1.00 bits per heavy atom.